The van der Waals surface area contributed by atoms with Gasteiger partial charge in [0.05, 0.1) is 0 Å². The van der Waals surface area contributed by atoms with Crippen LogP contribution in [0.15, 0.2) is 30.3 Å². The molecule has 0 spiro atoms. The normalized spacial score (nSPS) is 27.4. The Morgan fingerprint density at radius 1 is 1.30 bits per heavy atom. The number of nitrogens with one attached hydrogen (secondary N) is 1. The van der Waals surface area contributed by atoms with Crippen molar-refractivity contribution in [2.45, 2.75) is 45.2 Å². The number of benzene rings is 1. The van der Waals surface area contributed by atoms with Gasteiger partial charge in [-0.3, -0.25) is 4.90 Å². The van der Waals surface area contributed by atoms with E-state index in [0.29, 0.717) is 6.04 Å². The highest BCUT2D eigenvalue weighted by atomic mass is 16.5. The van der Waals surface area contributed by atoms with Crippen LogP contribution in [0.1, 0.15) is 33.6 Å². The van der Waals surface area contributed by atoms with Gasteiger partial charge in [-0.25, -0.2) is 0 Å². The van der Waals surface area contributed by atoms with Crippen LogP contribution in [0, 0.1) is 0 Å². The van der Waals surface area contributed by atoms with Gasteiger partial charge in [0.15, 0.2) is 0 Å². The van der Waals surface area contributed by atoms with E-state index < -0.39 is 0 Å². The molecule has 0 bridgehead atoms. The van der Waals surface area contributed by atoms with Crippen molar-refractivity contribution in [2.24, 2.45) is 0 Å². The molecular weight excluding hydrogens is 248 g/mol. The second kappa shape index (κ2) is 7.09. The molecule has 1 N–H and O–H groups in total. The fraction of sp³-hybridized carbons (Fsp3) is 0.647. The van der Waals surface area contributed by atoms with Gasteiger partial charge >= 0.3 is 0 Å². The second-order valence-corrected chi connectivity index (χ2v) is 5.94. The number of ether oxygens (including phenoxy) is 1. The van der Waals surface area contributed by atoms with Crippen LogP contribution in [0.25, 0.3) is 0 Å². The number of hydrogen-bond donors (Lipinski definition) is 1. The van der Waals surface area contributed by atoms with Gasteiger partial charge in [0.2, 0.25) is 0 Å². The quantitative estimate of drug-likeness (QED) is 0.864. The number of hydrogen-bond acceptors (Lipinski definition) is 3. The summed E-state index contributed by atoms with van der Waals surface area (Å²) in [5.41, 5.74) is 0.256. The van der Waals surface area contributed by atoms with Crippen LogP contribution in [-0.2, 0) is 0 Å². The Balaban J connectivity index is 1.87. The molecule has 3 heteroatoms. The Morgan fingerprint density at radius 3 is 2.70 bits per heavy atom. The molecule has 1 aromatic carbocycles. The maximum Gasteiger partial charge on any atom is 0.119 e. The molecule has 0 radical (unpaired) electrons. The van der Waals surface area contributed by atoms with Gasteiger partial charge < -0.3 is 10.1 Å². The molecule has 112 valence electrons. The summed E-state index contributed by atoms with van der Waals surface area (Å²) >= 11 is 0. The maximum absolute atomic E-state index is 5.85. The van der Waals surface area contributed by atoms with Gasteiger partial charge in [0, 0.05) is 31.2 Å². The highest BCUT2D eigenvalue weighted by molar-refractivity contribution is 5.20. The van der Waals surface area contributed by atoms with Gasteiger partial charge in [-0.15, -0.1) is 0 Å². The average Bonchev–Trinajstić information content (AvgIpc) is 2.50. The minimum absolute atomic E-state index is 0.256. The second-order valence-electron chi connectivity index (χ2n) is 5.94. The summed E-state index contributed by atoms with van der Waals surface area (Å²) in [4.78, 5) is 2.60. The zero-order chi connectivity index (χ0) is 14.4. The molecule has 0 saturated carbocycles. The third kappa shape index (κ3) is 3.74. The zero-order valence-corrected chi connectivity index (χ0v) is 13.1. The van der Waals surface area contributed by atoms with Gasteiger partial charge in [-0.1, -0.05) is 32.0 Å². The molecule has 1 aromatic rings. The first-order chi connectivity index (χ1) is 9.68. The predicted molar refractivity (Wildman–Crippen MR) is 84.3 cm³/mol. The smallest absolute Gasteiger partial charge is 0.119 e. The zero-order valence-electron chi connectivity index (χ0n) is 13.1. The van der Waals surface area contributed by atoms with E-state index in [4.69, 9.17) is 4.74 Å². The van der Waals surface area contributed by atoms with Crippen molar-refractivity contribution in [3.8, 4) is 5.75 Å². The van der Waals surface area contributed by atoms with Crippen molar-refractivity contribution < 1.29 is 4.74 Å². The molecule has 2 atom stereocenters. The molecule has 0 amide bonds. The van der Waals surface area contributed by atoms with Crippen molar-refractivity contribution in [1.82, 2.24) is 10.2 Å². The van der Waals surface area contributed by atoms with E-state index in [2.05, 4.69) is 31.0 Å². The van der Waals surface area contributed by atoms with Crippen LogP contribution in [-0.4, -0.2) is 42.7 Å². The molecule has 1 fully saturated rings. The first kappa shape index (κ1) is 15.3. The summed E-state index contributed by atoms with van der Waals surface area (Å²) in [6.45, 7) is 10.8. The molecule has 1 saturated heterocycles. The van der Waals surface area contributed by atoms with Crippen molar-refractivity contribution in [2.75, 3.05) is 26.2 Å². The predicted octanol–water partition coefficient (Wildman–Crippen LogP) is 2.92. The lowest BCUT2D eigenvalue weighted by molar-refractivity contribution is 0.0367. The van der Waals surface area contributed by atoms with Gasteiger partial charge in [-0.2, -0.15) is 0 Å². The van der Waals surface area contributed by atoms with E-state index in [-0.39, 0.29) is 5.54 Å². The van der Waals surface area contributed by atoms with Crippen molar-refractivity contribution in [1.29, 1.82) is 0 Å². The van der Waals surface area contributed by atoms with Gasteiger partial charge in [0.1, 0.15) is 12.4 Å². The fourth-order valence-corrected chi connectivity index (χ4v) is 2.80. The van der Waals surface area contributed by atoms with Crippen LogP contribution in [0.5, 0.6) is 5.75 Å². The van der Waals surface area contributed by atoms with E-state index >= 15 is 0 Å². The lowest BCUT2D eigenvalue weighted by atomic mass is 9.91. The molecular formula is C17H28N2O. The summed E-state index contributed by atoms with van der Waals surface area (Å²) < 4.78 is 5.85. The van der Waals surface area contributed by atoms with E-state index in [1.807, 2.05) is 30.3 Å². The molecule has 2 unspecified atom stereocenters. The SMILES string of the molecule is CCC1CN(CCOc2ccccc2)C(C)(CC)CN1. The number of rotatable bonds is 6. The minimum atomic E-state index is 0.256. The summed E-state index contributed by atoms with van der Waals surface area (Å²) in [5.74, 6) is 0.966. The van der Waals surface area contributed by atoms with E-state index in [0.717, 1.165) is 32.0 Å². The summed E-state index contributed by atoms with van der Waals surface area (Å²) in [6, 6.07) is 10.7. The van der Waals surface area contributed by atoms with E-state index in [9.17, 15) is 0 Å². The molecule has 3 nitrogen and oxygen atoms in total. The van der Waals surface area contributed by atoms with Crippen molar-refractivity contribution in [3.05, 3.63) is 30.3 Å². The minimum Gasteiger partial charge on any atom is -0.492 e. The molecule has 2 rings (SSSR count). The summed E-state index contributed by atoms with van der Waals surface area (Å²) in [7, 11) is 0. The fourth-order valence-electron chi connectivity index (χ4n) is 2.80. The lowest BCUT2D eigenvalue weighted by Gasteiger charge is -2.47. The van der Waals surface area contributed by atoms with Crippen LogP contribution in [0.2, 0.25) is 0 Å². The van der Waals surface area contributed by atoms with Crippen LogP contribution < -0.4 is 10.1 Å². The summed E-state index contributed by atoms with van der Waals surface area (Å²) in [6.07, 6.45) is 2.36. The highest BCUT2D eigenvalue weighted by Gasteiger charge is 2.35. The largest absolute Gasteiger partial charge is 0.492 e. The molecule has 0 aliphatic carbocycles. The molecule has 0 aromatic heterocycles. The van der Waals surface area contributed by atoms with Crippen molar-refractivity contribution in [3.63, 3.8) is 0 Å². The Kier molecular flexibility index (Phi) is 5.44. The lowest BCUT2D eigenvalue weighted by Crippen LogP contribution is -2.63. The monoisotopic (exact) mass is 276 g/mol. The Morgan fingerprint density at radius 2 is 2.05 bits per heavy atom. The van der Waals surface area contributed by atoms with E-state index in [1.54, 1.807) is 0 Å². The third-order valence-corrected chi connectivity index (χ3v) is 4.60. The Labute approximate surface area is 123 Å². The number of piperazine rings is 1. The van der Waals surface area contributed by atoms with E-state index in [1.165, 1.54) is 12.8 Å². The highest BCUT2D eigenvalue weighted by Crippen LogP contribution is 2.23. The molecule has 20 heavy (non-hydrogen) atoms. The van der Waals surface area contributed by atoms with Crippen LogP contribution in [0.4, 0.5) is 0 Å². The Hall–Kier alpha value is -1.06. The van der Waals surface area contributed by atoms with Gasteiger partial charge in [0.25, 0.3) is 0 Å². The summed E-state index contributed by atoms with van der Waals surface area (Å²) in [5, 5.41) is 3.67. The standard InChI is InChI=1S/C17H28N2O/c1-4-15-13-19(17(3,5-2)14-18-15)11-12-20-16-9-7-6-8-10-16/h6-10,15,18H,4-5,11-14H2,1-3H3. The maximum atomic E-state index is 5.85. The number of nitrogens with zero attached hydrogens (tertiary/aromatic N) is 1. The topological polar surface area (TPSA) is 24.5 Å². The number of para-hydroxylation sites is 1. The molecule has 1 aliphatic rings. The van der Waals surface area contributed by atoms with Crippen LogP contribution in [0.3, 0.4) is 0 Å². The van der Waals surface area contributed by atoms with Gasteiger partial charge in [-0.05, 0) is 31.9 Å². The van der Waals surface area contributed by atoms with Crippen LogP contribution >= 0.6 is 0 Å². The average molecular weight is 276 g/mol. The first-order valence-electron chi connectivity index (χ1n) is 7.84. The Bertz CT molecular complexity index is 395. The first-order valence-corrected chi connectivity index (χ1v) is 7.84. The van der Waals surface area contributed by atoms with Crippen molar-refractivity contribution >= 4 is 0 Å². The molecule has 1 heterocycles. The third-order valence-electron chi connectivity index (χ3n) is 4.60. The molecule has 1 aliphatic heterocycles.